The van der Waals surface area contributed by atoms with Gasteiger partial charge in [0.15, 0.2) is 0 Å². The lowest BCUT2D eigenvalue weighted by Crippen LogP contribution is -2.41. The van der Waals surface area contributed by atoms with Gasteiger partial charge in [0.2, 0.25) is 10.0 Å². The number of sulfonamides is 1. The monoisotopic (exact) mass is 356 g/mol. The van der Waals surface area contributed by atoms with Gasteiger partial charge < -0.3 is 5.11 Å². The molecule has 5 nitrogen and oxygen atoms in total. The number of pyridine rings is 1. The summed E-state index contributed by atoms with van der Waals surface area (Å²) in [6.07, 6.45) is 1.41. The van der Waals surface area contributed by atoms with Crippen LogP contribution in [-0.2, 0) is 10.0 Å². The first kappa shape index (κ1) is 15.8. The van der Waals surface area contributed by atoms with Crippen LogP contribution in [0.2, 0.25) is 5.15 Å². The second-order valence-electron chi connectivity index (χ2n) is 4.10. The van der Waals surface area contributed by atoms with E-state index in [0.717, 1.165) is 0 Å². The summed E-state index contributed by atoms with van der Waals surface area (Å²) < 4.78 is 27.1. The van der Waals surface area contributed by atoms with E-state index in [-0.39, 0.29) is 22.6 Å². The quantitative estimate of drug-likeness (QED) is 0.788. The lowest BCUT2D eigenvalue weighted by Gasteiger charge is -2.20. The van der Waals surface area contributed by atoms with Crippen LogP contribution in [0.1, 0.15) is 13.8 Å². The SMILES string of the molecule is CC(C)C(CO)NS(=O)(=O)c1cc(Br)cnc1Cl. The first-order chi connectivity index (χ1) is 8.27. The molecule has 0 aliphatic rings. The van der Waals surface area contributed by atoms with Gasteiger partial charge in [0.25, 0.3) is 0 Å². The van der Waals surface area contributed by atoms with Gasteiger partial charge in [0.05, 0.1) is 6.61 Å². The Morgan fingerprint density at radius 1 is 1.56 bits per heavy atom. The van der Waals surface area contributed by atoms with Crippen LogP contribution in [0, 0.1) is 5.92 Å². The molecule has 18 heavy (non-hydrogen) atoms. The van der Waals surface area contributed by atoms with E-state index >= 15 is 0 Å². The molecule has 1 aromatic heterocycles. The third kappa shape index (κ3) is 3.89. The number of hydrogen-bond acceptors (Lipinski definition) is 4. The molecule has 8 heteroatoms. The number of nitrogens with one attached hydrogen (secondary N) is 1. The number of rotatable bonds is 5. The molecule has 0 bridgehead atoms. The van der Waals surface area contributed by atoms with Gasteiger partial charge in [0, 0.05) is 16.7 Å². The Morgan fingerprint density at radius 3 is 2.67 bits per heavy atom. The van der Waals surface area contributed by atoms with Crippen molar-refractivity contribution in [2.24, 2.45) is 5.92 Å². The maximum atomic E-state index is 12.1. The molecule has 102 valence electrons. The van der Waals surface area contributed by atoms with E-state index in [4.69, 9.17) is 16.7 Å². The molecular formula is C10H14BrClN2O3S. The summed E-state index contributed by atoms with van der Waals surface area (Å²) in [4.78, 5) is 3.65. The van der Waals surface area contributed by atoms with E-state index in [1.165, 1.54) is 12.3 Å². The van der Waals surface area contributed by atoms with Crippen LogP contribution in [0.3, 0.4) is 0 Å². The molecule has 0 amide bonds. The smallest absolute Gasteiger partial charge is 0.244 e. The summed E-state index contributed by atoms with van der Waals surface area (Å²) in [5.74, 6) is -0.0383. The van der Waals surface area contributed by atoms with Crippen LogP contribution >= 0.6 is 27.5 Å². The normalized spacial score (nSPS) is 13.9. The summed E-state index contributed by atoms with van der Waals surface area (Å²) in [5.41, 5.74) is 0. The predicted molar refractivity (Wildman–Crippen MR) is 73.0 cm³/mol. The Kier molecular flexibility index (Phi) is 5.54. The van der Waals surface area contributed by atoms with Crippen molar-refractivity contribution in [2.45, 2.75) is 24.8 Å². The third-order valence-corrected chi connectivity index (χ3v) is 4.72. The fourth-order valence-electron chi connectivity index (χ4n) is 1.24. The van der Waals surface area contributed by atoms with Crippen LogP contribution in [0.5, 0.6) is 0 Å². The highest BCUT2D eigenvalue weighted by Gasteiger charge is 2.24. The van der Waals surface area contributed by atoms with Crippen molar-refractivity contribution < 1.29 is 13.5 Å². The zero-order chi connectivity index (χ0) is 13.9. The van der Waals surface area contributed by atoms with Crippen molar-refractivity contribution in [1.29, 1.82) is 0 Å². The average molecular weight is 358 g/mol. The maximum Gasteiger partial charge on any atom is 0.244 e. The highest BCUT2D eigenvalue weighted by molar-refractivity contribution is 9.10. The number of halogens is 2. The second-order valence-corrected chi connectivity index (χ2v) is 7.05. The molecule has 1 rings (SSSR count). The van der Waals surface area contributed by atoms with Gasteiger partial charge in [-0.3, -0.25) is 0 Å². The van der Waals surface area contributed by atoms with Crippen LogP contribution < -0.4 is 4.72 Å². The zero-order valence-corrected chi connectivity index (χ0v) is 13.1. The number of aliphatic hydroxyl groups is 1. The fraction of sp³-hybridized carbons (Fsp3) is 0.500. The van der Waals surface area contributed by atoms with Crippen LogP contribution in [0.25, 0.3) is 0 Å². The topological polar surface area (TPSA) is 79.3 Å². The highest BCUT2D eigenvalue weighted by atomic mass is 79.9. The van der Waals surface area contributed by atoms with Gasteiger partial charge in [0.1, 0.15) is 10.0 Å². The molecule has 2 N–H and O–H groups in total. The fourth-order valence-corrected chi connectivity index (χ4v) is 3.56. The van der Waals surface area contributed by atoms with E-state index in [0.29, 0.717) is 4.47 Å². The summed E-state index contributed by atoms with van der Waals surface area (Å²) in [6, 6.07) is 0.803. The van der Waals surface area contributed by atoms with Gasteiger partial charge in [-0.1, -0.05) is 25.4 Å². The van der Waals surface area contributed by atoms with Gasteiger partial charge in [-0.15, -0.1) is 0 Å². The largest absolute Gasteiger partial charge is 0.395 e. The molecule has 1 aromatic rings. The summed E-state index contributed by atoms with van der Waals surface area (Å²) in [5, 5.41) is 9.04. The molecule has 1 atom stereocenters. The van der Waals surface area contributed by atoms with Gasteiger partial charge in [-0.2, -0.15) is 0 Å². The number of nitrogens with zero attached hydrogens (tertiary/aromatic N) is 1. The molecule has 0 spiro atoms. The zero-order valence-electron chi connectivity index (χ0n) is 9.89. The Hall–Kier alpha value is -0.210. The summed E-state index contributed by atoms with van der Waals surface area (Å²) in [6.45, 7) is 3.34. The molecule has 0 fully saturated rings. The second kappa shape index (κ2) is 6.29. The Labute approximate surface area is 120 Å². The van der Waals surface area contributed by atoms with E-state index in [9.17, 15) is 8.42 Å². The lowest BCUT2D eigenvalue weighted by molar-refractivity contribution is 0.227. The van der Waals surface area contributed by atoms with E-state index < -0.39 is 16.1 Å². The average Bonchev–Trinajstić information content (AvgIpc) is 2.28. The van der Waals surface area contributed by atoms with Crippen molar-refractivity contribution in [3.63, 3.8) is 0 Å². The van der Waals surface area contributed by atoms with Gasteiger partial charge >= 0.3 is 0 Å². The number of aromatic nitrogens is 1. The molecule has 1 unspecified atom stereocenters. The Balaban J connectivity index is 3.10. The molecular weight excluding hydrogens is 344 g/mol. The van der Waals surface area contributed by atoms with Gasteiger partial charge in [-0.05, 0) is 27.9 Å². The molecule has 1 heterocycles. The number of hydrogen-bond donors (Lipinski definition) is 2. The molecule has 0 aliphatic carbocycles. The van der Waals surface area contributed by atoms with Crippen LogP contribution in [0.15, 0.2) is 21.6 Å². The van der Waals surface area contributed by atoms with E-state index in [2.05, 4.69) is 25.6 Å². The molecule has 0 radical (unpaired) electrons. The summed E-state index contributed by atoms with van der Waals surface area (Å²) >= 11 is 8.91. The first-order valence-corrected chi connectivity index (χ1v) is 7.87. The highest BCUT2D eigenvalue weighted by Crippen LogP contribution is 2.23. The van der Waals surface area contributed by atoms with Crippen molar-refractivity contribution in [3.05, 3.63) is 21.9 Å². The summed E-state index contributed by atoms with van der Waals surface area (Å²) in [7, 11) is -3.80. The van der Waals surface area contributed by atoms with Crippen LogP contribution in [-0.4, -0.2) is 31.2 Å². The van der Waals surface area contributed by atoms with Crippen molar-refractivity contribution >= 4 is 37.6 Å². The van der Waals surface area contributed by atoms with Gasteiger partial charge in [-0.25, -0.2) is 18.1 Å². The minimum Gasteiger partial charge on any atom is -0.395 e. The van der Waals surface area contributed by atoms with Crippen molar-refractivity contribution in [3.8, 4) is 0 Å². The molecule has 0 aliphatic heterocycles. The third-order valence-electron chi connectivity index (χ3n) is 2.37. The number of aliphatic hydroxyl groups excluding tert-OH is 1. The van der Waals surface area contributed by atoms with E-state index in [1.807, 2.05) is 13.8 Å². The lowest BCUT2D eigenvalue weighted by atomic mass is 10.1. The standard InChI is InChI=1S/C10H14BrClN2O3S/c1-6(2)8(5-15)14-18(16,17)9-3-7(11)4-13-10(9)12/h3-4,6,8,14-15H,5H2,1-2H3. The molecule has 0 aromatic carbocycles. The predicted octanol–water partition coefficient (Wildman–Crippen LogP) is 1.79. The minimum atomic E-state index is -3.80. The molecule has 0 saturated carbocycles. The Morgan fingerprint density at radius 2 is 2.17 bits per heavy atom. The minimum absolute atomic E-state index is 0.0383. The molecule has 0 saturated heterocycles. The van der Waals surface area contributed by atoms with Crippen LogP contribution in [0.4, 0.5) is 0 Å². The van der Waals surface area contributed by atoms with Crippen molar-refractivity contribution in [1.82, 2.24) is 9.71 Å². The Bertz CT molecular complexity index is 522. The maximum absolute atomic E-state index is 12.1. The van der Waals surface area contributed by atoms with Crippen molar-refractivity contribution in [2.75, 3.05) is 6.61 Å². The van der Waals surface area contributed by atoms with E-state index in [1.54, 1.807) is 0 Å². The first-order valence-electron chi connectivity index (χ1n) is 5.22.